The van der Waals surface area contributed by atoms with Gasteiger partial charge in [-0.1, -0.05) is 72.4 Å². The van der Waals surface area contributed by atoms with E-state index >= 15 is 0 Å². The number of rotatable bonds is 11. The van der Waals surface area contributed by atoms with Crippen LogP contribution in [0.5, 0.6) is 0 Å². The Morgan fingerprint density at radius 3 is 1.76 bits per heavy atom. The molecule has 0 bridgehead atoms. The molecule has 0 aromatic heterocycles. The number of benzene rings is 2. The van der Waals surface area contributed by atoms with E-state index in [-0.39, 0.29) is 58.6 Å². The Labute approximate surface area is 240 Å². The Hall–Kier alpha value is -0.460. The Morgan fingerprint density at radius 1 is 0.647 bits per heavy atom. The normalized spacial score (nSPS) is 10.2. The molecule has 4 aromatic rings. The third kappa shape index (κ3) is 11.1. The maximum atomic E-state index is 2.47. The van der Waals surface area contributed by atoms with Crippen molar-refractivity contribution >= 4 is 34.8 Å². The smallest absolute Gasteiger partial charge is 1.00 e. The molecular weight excluding hydrogens is 641 g/mol. The largest absolute Gasteiger partial charge is 4.00 e. The zero-order valence-corrected chi connectivity index (χ0v) is 26.8. The van der Waals surface area contributed by atoms with Gasteiger partial charge in [-0.25, -0.2) is 0 Å². The van der Waals surface area contributed by atoms with Gasteiger partial charge in [-0.15, -0.1) is 70.0 Å². The van der Waals surface area contributed by atoms with Gasteiger partial charge in [-0.3, -0.25) is 0 Å². The summed E-state index contributed by atoms with van der Waals surface area (Å²) in [5.41, 5.74) is 0. The van der Waals surface area contributed by atoms with Crippen LogP contribution in [0.3, 0.4) is 0 Å². The summed E-state index contributed by atoms with van der Waals surface area (Å²) in [7, 11) is 0.0642. The zero-order valence-electron chi connectivity index (χ0n) is 20.8. The fourth-order valence-electron chi connectivity index (χ4n) is 4.22. The Kier molecular flexibility index (Phi) is 19.4. The number of hydrogen-bond donors (Lipinski definition) is 0. The van der Waals surface area contributed by atoms with E-state index in [9.17, 15) is 0 Å². The number of fused-ring (bicyclic) bond motifs is 2. The first-order valence-corrected chi connectivity index (χ1v) is 14.0. The predicted molar refractivity (Wildman–Crippen MR) is 144 cm³/mol. The molecule has 0 atom stereocenters. The fraction of sp³-hybridized carbons (Fsp3) is 0.400. The first-order chi connectivity index (χ1) is 15.3. The summed E-state index contributed by atoms with van der Waals surface area (Å²) in [6.45, 7) is 4.61. The van der Waals surface area contributed by atoms with Crippen molar-refractivity contribution in [1.82, 2.24) is 0 Å². The van der Waals surface area contributed by atoms with Gasteiger partial charge in [0, 0.05) is 0 Å². The Morgan fingerprint density at radius 2 is 1.21 bits per heavy atom. The van der Waals surface area contributed by atoms with E-state index < -0.39 is 0 Å². The summed E-state index contributed by atoms with van der Waals surface area (Å²) in [5.74, 6) is 0. The zero-order chi connectivity index (χ0) is 21.7. The molecular formula is C30H39Cl2HfP. The molecule has 0 spiro atoms. The monoisotopic (exact) mass is 680 g/mol. The number of unbranched alkanes of at least 4 members (excludes halogenated alkanes) is 6. The summed E-state index contributed by atoms with van der Waals surface area (Å²) in [6, 6.07) is 28.5. The van der Waals surface area contributed by atoms with Crippen LogP contribution in [0.1, 0.15) is 65.2 Å². The van der Waals surface area contributed by atoms with Crippen LogP contribution < -0.4 is 30.1 Å². The molecule has 0 heterocycles. The first-order valence-electron chi connectivity index (χ1n) is 12.3. The second kappa shape index (κ2) is 19.7. The van der Waals surface area contributed by atoms with Crippen molar-refractivity contribution in [1.29, 1.82) is 0 Å². The second-order valence-electron chi connectivity index (χ2n) is 8.61. The van der Waals surface area contributed by atoms with E-state index in [1.54, 1.807) is 5.30 Å². The van der Waals surface area contributed by atoms with Crippen LogP contribution in [0.2, 0.25) is 0 Å². The molecule has 0 unspecified atom stereocenters. The van der Waals surface area contributed by atoms with E-state index in [1.165, 1.54) is 85.2 Å². The van der Waals surface area contributed by atoms with E-state index in [1.807, 2.05) is 0 Å². The van der Waals surface area contributed by atoms with Crippen molar-refractivity contribution in [2.24, 2.45) is 0 Å². The minimum Gasteiger partial charge on any atom is -1.00 e. The van der Waals surface area contributed by atoms with Crippen molar-refractivity contribution in [3.63, 3.8) is 0 Å². The van der Waals surface area contributed by atoms with Gasteiger partial charge in [-0.05, 0) is 25.2 Å². The Bertz CT molecular complexity index is 932. The van der Waals surface area contributed by atoms with Gasteiger partial charge >= 0.3 is 25.8 Å². The van der Waals surface area contributed by atoms with Gasteiger partial charge in [0.05, 0.1) is 0 Å². The average molecular weight is 680 g/mol. The van der Waals surface area contributed by atoms with Gasteiger partial charge in [0.15, 0.2) is 0 Å². The predicted octanol–water partition coefficient (Wildman–Crippen LogP) is 3.39. The van der Waals surface area contributed by atoms with E-state index in [2.05, 4.69) is 92.7 Å². The molecule has 0 N–H and O–H groups in total. The van der Waals surface area contributed by atoms with Crippen molar-refractivity contribution < 1.29 is 50.7 Å². The summed E-state index contributed by atoms with van der Waals surface area (Å²) < 4.78 is 0. The van der Waals surface area contributed by atoms with Crippen molar-refractivity contribution in [3.05, 3.63) is 78.9 Å². The molecule has 0 aliphatic heterocycles. The SMILES string of the molecule is CCCCCCP(CCCCCC)c1cc2ccccc2[cH-]1.[Cl-].[Cl-].[Hf+4].c1ccc2[cH-]ccc2c1. The van der Waals surface area contributed by atoms with Gasteiger partial charge in [0.25, 0.3) is 0 Å². The standard InChI is InChI=1S/C21H32P.C9H7.2ClH.Hf/c1-3-5-7-11-15-22(16-12-8-6-4-2)21-17-19-13-9-10-14-20(19)18-21;1-2-5-9-7-3-6-8(9)4-1;;;/h9-10,13-14,17-18H,3-8,11-12,15-16H2,1-2H3;1-7H;2*1H;/q2*-1;;;+4/p-2. The fourth-order valence-corrected chi connectivity index (χ4v) is 6.81. The molecule has 4 rings (SSSR count). The number of hydrogen-bond acceptors (Lipinski definition) is 0. The summed E-state index contributed by atoms with van der Waals surface area (Å²) in [5, 5.41) is 7.19. The number of halogens is 2. The van der Waals surface area contributed by atoms with Crippen LogP contribution in [0.15, 0.2) is 78.9 Å². The molecule has 0 saturated heterocycles. The molecule has 4 heteroatoms. The molecule has 0 aliphatic carbocycles. The van der Waals surface area contributed by atoms with Crippen molar-refractivity contribution in [2.45, 2.75) is 65.2 Å². The summed E-state index contributed by atoms with van der Waals surface area (Å²) in [6.07, 6.45) is 14.1. The maximum Gasteiger partial charge on any atom is 4.00 e. The minimum atomic E-state index is 0. The molecule has 4 aromatic carbocycles. The molecule has 34 heavy (non-hydrogen) atoms. The summed E-state index contributed by atoms with van der Waals surface area (Å²) in [4.78, 5) is 0. The average Bonchev–Trinajstić information content (AvgIpc) is 3.45. The molecule has 0 fully saturated rings. The summed E-state index contributed by atoms with van der Waals surface area (Å²) >= 11 is 0. The van der Waals surface area contributed by atoms with Gasteiger partial charge in [0.2, 0.25) is 0 Å². The van der Waals surface area contributed by atoms with Crippen molar-refractivity contribution in [3.8, 4) is 0 Å². The Balaban J connectivity index is 0.000000764. The third-order valence-electron chi connectivity index (χ3n) is 6.08. The van der Waals surface area contributed by atoms with E-state index in [0.29, 0.717) is 0 Å². The molecule has 0 saturated carbocycles. The molecule has 0 nitrogen and oxygen atoms in total. The van der Waals surface area contributed by atoms with E-state index in [0.717, 1.165) is 0 Å². The van der Waals surface area contributed by atoms with Gasteiger partial charge in [-0.2, -0.15) is 23.6 Å². The van der Waals surface area contributed by atoms with Crippen LogP contribution in [0, 0.1) is 0 Å². The van der Waals surface area contributed by atoms with Gasteiger partial charge in [0.1, 0.15) is 0 Å². The van der Waals surface area contributed by atoms with Crippen LogP contribution in [0.4, 0.5) is 0 Å². The van der Waals surface area contributed by atoms with Gasteiger partial charge < -0.3 is 24.8 Å². The molecule has 0 radical (unpaired) electrons. The topological polar surface area (TPSA) is 0 Å². The van der Waals surface area contributed by atoms with Crippen molar-refractivity contribution in [2.75, 3.05) is 12.3 Å². The second-order valence-corrected chi connectivity index (χ2v) is 11.1. The first kappa shape index (κ1) is 33.5. The molecule has 0 aliphatic rings. The van der Waals surface area contributed by atoms with Crippen LogP contribution >= 0.6 is 7.92 Å². The van der Waals surface area contributed by atoms with Crippen LogP contribution in [-0.4, -0.2) is 12.3 Å². The minimum absolute atomic E-state index is 0. The van der Waals surface area contributed by atoms with Crippen LogP contribution in [-0.2, 0) is 25.8 Å². The molecule has 0 amide bonds. The third-order valence-corrected chi connectivity index (χ3v) is 8.78. The van der Waals surface area contributed by atoms with Crippen LogP contribution in [0.25, 0.3) is 21.5 Å². The quantitative estimate of drug-likeness (QED) is 0.0988. The maximum absolute atomic E-state index is 2.47. The van der Waals surface area contributed by atoms with E-state index in [4.69, 9.17) is 0 Å². The molecule has 182 valence electrons.